The number of epoxide rings is 1. The summed E-state index contributed by atoms with van der Waals surface area (Å²) in [6, 6.07) is 0. The summed E-state index contributed by atoms with van der Waals surface area (Å²) in [4.78, 5) is 22.6. The Morgan fingerprint density at radius 1 is 1.05 bits per heavy atom. The Kier molecular flexibility index (Phi) is 8.67. The molecule has 4 nitrogen and oxygen atoms in total. The largest absolute Gasteiger partial charge is 0.379 e. The fourth-order valence-corrected chi connectivity index (χ4v) is 1.84. The Morgan fingerprint density at radius 3 is 2.42 bits per heavy atom. The molecule has 0 amide bonds. The van der Waals surface area contributed by atoms with Crippen LogP contribution in [0.25, 0.3) is 0 Å². The standard InChI is InChI=1S/C15H26O4/c1-2-13(16)8-9-14(17)7-5-3-4-6-10-18-11-15-12-19-15/h15H,2-12H2,1H3. The van der Waals surface area contributed by atoms with Gasteiger partial charge in [0.25, 0.3) is 0 Å². The molecule has 4 heteroatoms. The number of hydrogen-bond acceptors (Lipinski definition) is 4. The molecule has 1 unspecified atom stereocenters. The van der Waals surface area contributed by atoms with Crippen molar-refractivity contribution in [2.75, 3.05) is 19.8 Å². The van der Waals surface area contributed by atoms with Crippen molar-refractivity contribution >= 4 is 11.6 Å². The molecule has 1 rings (SSSR count). The molecule has 1 saturated heterocycles. The molecule has 0 radical (unpaired) electrons. The zero-order valence-electron chi connectivity index (χ0n) is 12.0. The van der Waals surface area contributed by atoms with Gasteiger partial charge in [-0.3, -0.25) is 9.59 Å². The summed E-state index contributed by atoms with van der Waals surface area (Å²) < 4.78 is 10.5. The van der Waals surface area contributed by atoms with Crippen LogP contribution in [0.5, 0.6) is 0 Å². The van der Waals surface area contributed by atoms with Crippen molar-refractivity contribution in [3.8, 4) is 0 Å². The van der Waals surface area contributed by atoms with Gasteiger partial charge < -0.3 is 9.47 Å². The number of carbonyl (C=O) groups excluding carboxylic acids is 2. The smallest absolute Gasteiger partial charge is 0.133 e. The molecule has 0 bridgehead atoms. The molecule has 1 aliphatic heterocycles. The van der Waals surface area contributed by atoms with Gasteiger partial charge in [-0.15, -0.1) is 0 Å². The Bertz CT molecular complexity index is 271. The van der Waals surface area contributed by atoms with Crippen molar-refractivity contribution in [2.24, 2.45) is 0 Å². The van der Waals surface area contributed by atoms with Crippen LogP contribution < -0.4 is 0 Å². The highest BCUT2D eigenvalue weighted by molar-refractivity contribution is 5.85. The van der Waals surface area contributed by atoms with Crippen LogP contribution in [-0.4, -0.2) is 37.5 Å². The highest BCUT2D eigenvalue weighted by Gasteiger charge is 2.21. The summed E-state index contributed by atoms with van der Waals surface area (Å²) >= 11 is 0. The van der Waals surface area contributed by atoms with E-state index in [1.807, 2.05) is 6.92 Å². The van der Waals surface area contributed by atoms with Gasteiger partial charge in [0, 0.05) is 32.3 Å². The lowest BCUT2D eigenvalue weighted by Gasteiger charge is -2.03. The lowest BCUT2D eigenvalue weighted by molar-refractivity contribution is -0.124. The predicted molar refractivity (Wildman–Crippen MR) is 73.2 cm³/mol. The van der Waals surface area contributed by atoms with E-state index in [4.69, 9.17) is 9.47 Å². The van der Waals surface area contributed by atoms with Gasteiger partial charge in [-0.05, 0) is 12.8 Å². The zero-order chi connectivity index (χ0) is 13.9. The quantitative estimate of drug-likeness (QED) is 0.381. The van der Waals surface area contributed by atoms with Crippen molar-refractivity contribution in [3.05, 3.63) is 0 Å². The second-order valence-electron chi connectivity index (χ2n) is 5.13. The second kappa shape index (κ2) is 10.1. The molecule has 0 aromatic rings. The molecule has 1 fully saturated rings. The minimum atomic E-state index is 0.185. The van der Waals surface area contributed by atoms with Crippen LogP contribution in [0.1, 0.15) is 58.3 Å². The molecular weight excluding hydrogens is 244 g/mol. The van der Waals surface area contributed by atoms with Crippen molar-refractivity contribution in [1.82, 2.24) is 0 Å². The van der Waals surface area contributed by atoms with Crippen LogP contribution in [0, 0.1) is 0 Å². The fourth-order valence-electron chi connectivity index (χ4n) is 1.84. The molecule has 0 N–H and O–H groups in total. The van der Waals surface area contributed by atoms with E-state index in [0.717, 1.165) is 45.5 Å². The molecule has 110 valence electrons. The summed E-state index contributed by atoms with van der Waals surface area (Å²) in [5.74, 6) is 0.411. The van der Waals surface area contributed by atoms with E-state index in [-0.39, 0.29) is 11.6 Å². The summed E-state index contributed by atoms with van der Waals surface area (Å²) in [5.41, 5.74) is 0. The molecule has 0 aromatic heterocycles. The third-order valence-corrected chi connectivity index (χ3v) is 3.28. The monoisotopic (exact) mass is 270 g/mol. The average molecular weight is 270 g/mol. The summed E-state index contributed by atoms with van der Waals surface area (Å²) in [6.07, 6.45) is 6.52. The van der Waals surface area contributed by atoms with Crippen molar-refractivity contribution in [1.29, 1.82) is 0 Å². The third kappa shape index (κ3) is 9.79. The Morgan fingerprint density at radius 2 is 1.74 bits per heavy atom. The predicted octanol–water partition coefficient (Wildman–Crippen LogP) is 2.68. The van der Waals surface area contributed by atoms with E-state index >= 15 is 0 Å². The Labute approximate surface area is 115 Å². The number of ether oxygens (including phenoxy) is 2. The minimum absolute atomic E-state index is 0.185. The maximum atomic E-state index is 11.5. The second-order valence-corrected chi connectivity index (χ2v) is 5.13. The van der Waals surface area contributed by atoms with Gasteiger partial charge in [-0.25, -0.2) is 0 Å². The van der Waals surface area contributed by atoms with Gasteiger partial charge >= 0.3 is 0 Å². The molecule has 1 heterocycles. The van der Waals surface area contributed by atoms with Crippen molar-refractivity contribution < 1.29 is 19.1 Å². The molecular formula is C15H26O4. The first-order chi connectivity index (χ1) is 9.22. The molecule has 0 aromatic carbocycles. The number of hydrogen-bond donors (Lipinski definition) is 0. The number of unbranched alkanes of at least 4 members (excludes halogenated alkanes) is 3. The molecule has 1 atom stereocenters. The highest BCUT2D eigenvalue weighted by atomic mass is 16.6. The first-order valence-corrected chi connectivity index (χ1v) is 7.45. The lowest BCUT2D eigenvalue weighted by atomic mass is 10.0. The van der Waals surface area contributed by atoms with Gasteiger partial charge in [0.05, 0.1) is 13.2 Å². The van der Waals surface area contributed by atoms with Crippen LogP contribution in [0.3, 0.4) is 0 Å². The van der Waals surface area contributed by atoms with E-state index in [9.17, 15) is 9.59 Å². The summed E-state index contributed by atoms with van der Waals surface area (Å²) in [5, 5.41) is 0. The number of carbonyl (C=O) groups is 2. The van der Waals surface area contributed by atoms with Crippen LogP contribution >= 0.6 is 0 Å². The van der Waals surface area contributed by atoms with Gasteiger partial charge in [0.2, 0.25) is 0 Å². The van der Waals surface area contributed by atoms with E-state index in [0.29, 0.717) is 31.8 Å². The van der Waals surface area contributed by atoms with Gasteiger partial charge in [-0.1, -0.05) is 19.8 Å². The molecule has 0 saturated carbocycles. The van der Waals surface area contributed by atoms with Gasteiger partial charge in [0.1, 0.15) is 17.7 Å². The molecule has 1 aliphatic rings. The van der Waals surface area contributed by atoms with E-state index < -0.39 is 0 Å². The number of Topliss-reactive ketones (excluding diaryl/α,β-unsaturated/α-hetero) is 2. The van der Waals surface area contributed by atoms with Crippen LogP contribution in [0.15, 0.2) is 0 Å². The summed E-state index contributed by atoms with van der Waals surface area (Å²) in [6.45, 7) is 4.20. The fraction of sp³-hybridized carbons (Fsp3) is 0.867. The molecule has 0 aliphatic carbocycles. The SMILES string of the molecule is CCC(=O)CCC(=O)CCCCCCOCC1CO1. The first kappa shape index (κ1) is 16.3. The van der Waals surface area contributed by atoms with E-state index in [2.05, 4.69) is 0 Å². The zero-order valence-corrected chi connectivity index (χ0v) is 12.0. The number of ketones is 2. The first-order valence-electron chi connectivity index (χ1n) is 7.45. The average Bonchev–Trinajstić information content (AvgIpc) is 3.23. The molecule has 19 heavy (non-hydrogen) atoms. The minimum Gasteiger partial charge on any atom is -0.379 e. The highest BCUT2D eigenvalue weighted by Crippen LogP contribution is 2.10. The maximum Gasteiger partial charge on any atom is 0.133 e. The number of rotatable bonds is 13. The van der Waals surface area contributed by atoms with Crippen LogP contribution in [-0.2, 0) is 19.1 Å². The van der Waals surface area contributed by atoms with E-state index in [1.165, 1.54) is 0 Å². The van der Waals surface area contributed by atoms with E-state index in [1.54, 1.807) is 0 Å². The van der Waals surface area contributed by atoms with Crippen LogP contribution in [0.4, 0.5) is 0 Å². The normalized spacial score (nSPS) is 17.4. The van der Waals surface area contributed by atoms with Gasteiger partial charge in [0.15, 0.2) is 0 Å². The maximum absolute atomic E-state index is 11.5. The Hall–Kier alpha value is -0.740. The molecule has 0 spiro atoms. The summed E-state index contributed by atoms with van der Waals surface area (Å²) in [7, 11) is 0. The Balaban J connectivity index is 1.78. The van der Waals surface area contributed by atoms with Crippen molar-refractivity contribution in [2.45, 2.75) is 64.4 Å². The van der Waals surface area contributed by atoms with Crippen molar-refractivity contribution in [3.63, 3.8) is 0 Å². The third-order valence-electron chi connectivity index (χ3n) is 3.28. The lowest BCUT2D eigenvalue weighted by Crippen LogP contribution is -2.04. The van der Waals surface area contributed by atoms with Crippen LogP contribution in [0.2, 0.25) is 0 Å². The van der Waals surface area contributed by atoms with Gasteiger partial charge in [-0.2, -0.15) is 0 Å². The topological polar surface area (TPSA) is 55.9 Å².